The minimum Gasteiger partial charge on any atom is -0.351 e. The zero-order chi connectivity index (χ0) is 15.0. The number of nitrogens with two attached hydrogens (primary N) is 1. The number of benzene rings is 1. The highest BCUT2D eigenvalue weighted by Gasteiger charge is 2.09. The predicted molar refractivity (Wildman–Crippen MR) is 86.0 cm³/mol. The van der Waals surface area contributed by atoms with Crippen molar-refractivity contribution >= 4 is 28.3 Å². The number of amides is 1. The van der Waals surface area contributed by atoms with Gasteiger partial charge < -0.3 is 10.6 Å². The summed E-state index contributed by atoms with van der Waals surface area (Å²) in [4.78, 5) is 11.9. The summed E-state index contributed by atoms with van der Waals surface area (Å²) < 4.78 is 22.0. The van der Waals surface area contributed by atoms with Gasteiger partial charge in [0.1, 0.15) is 0 Å². The fraction of sp³-hybridized carbons (Fsp3) is 0.462. The van der Waals surface area contributed by atoms with Crippen LogP contribution in [0.15, 0.2) is 24.3 Å². The summed E-state index contributed by atoms with van der Waals surface area (Å²) in [5.74, 6) is -0.494. The molecule has 8 heteroatoms. The van der Waals surface area contributed by atoms with E-state index in [1.54, 1.807) is 24.3 Å². The Hall–Kier alpha value is -1.15. The number of hydrogen-bond donors (Lipinski definition) is 3. The molecular weight excluding hydrogens is 314 g/mol. The Bertz CT molecular complexity index is 549. The molecule has 0 spiro atoms. The second kappa shape index (κ2) is 9.73. The van der Waals surface area contributed by atoms with E-state index in [1.165, 1.54) is 0 Å². The summed E-state index contributed by atoms with van der Waals surface area (Å²) >= 11 is 0. The van der Waals surface area contributed by atoms with E-state index in [1.807, 2.05) is 0 Å². The summed E-state index contributed by atoms with van der Waals surface area (Å²) in [5.41, 5.74) is 0.936. The first kappa shape index (κ1) is 19.9. The number of halogens is 1. The molecule has 0 atom stereocenters. The molecule has 120 valence electrons. The van der Waals surface area contributed by atoms with Gasteiger partial charge in [-0.2, -0.15) is 0 Å². The highest BCUT2D eigenvalue weighted by atomic mass is 35.5. The van der Waals surface area contributed by atoms with Crippen LogP contribution in [0.2, 0.25) is 0 Å². The molecule has 0 radical (unpaired) electrons. The van der Waals surface area contributed by atoms with Crippen molar-refractivity contribution in [2.75, 3.05) is 19.6 Å². The number of sulfonamides is 1. The van der Waals surface area contributed by atoms with Gasteiger partial charge in [0.05, 0.1) is 5.75 Å². The van der Waals surface area contributed by atoms with Crippen LogP contribution in [0.3, 0.4) is 0 Å². The first-order chi connectivity index (χ1) is 9.42. The maximum absolute atomic E-state index is 11.9. The SMILES string of the molecule is CCCNCCNC(=O)c1cccc(CS(N)(=O)=O)c1.Cl. The molecule has 0 aliphatic rings. The fourth-order valence-electron chi connectivity index (χ4n) is 1.70. The molecular formula is C13H22ClN3O3S. The predicted octanol–water partition coefficient (Wildman–Crippen LogP) is 0.626. The maximum Gasteiger partial charge on any atom is 0.251 e. The Morgan fingerprint density at radius 2 is 1.95 bits per heavy atom. The smallest absolute Gasteiger partial charge is 0.251 e. The van der Waals surface area contributed by atoms with Crippen molar-refractivity contribution in [1.82, 2.24) is 10.6 Å². The van der Waals surface area contributed by atoms with Crippen molar-refractivity contribution in [2.24, 2.45) is 5.14 Å². The molecule has 0 saturated heterocycles. The summed E-state index contributed by atoms with van der Waals surface area (Å²) in [6.07, 6.45) is 1.05. The standard InChI is InChI=1S/C13H21N3O3S.ClH/c1-2-6-15-7-8-16-13(17)12-5-3-4-11(9-12)10-20(14,18)19;/h3-5,9,15H,2,6-8,10H2,1H3,(H,16,17)(H2,14,18,19);1H. The number of primary sulfonamides is 1. The number of hydrogen-bond acceptors (Lipinski definition) is 4. The Balaban J connectivity index is 0.00000400. The molecule has 0 aliphatic heterocycles. The zero-order valence-electron chi connectivity index (χ0n) is 12.0. The van der Waals surface area contributed by atoms with Crippen LogP contribution in [0.5, 0.6) is 0 Å². The van der Waals surface area contributed by atoms with Crippen LogP contribution in [0.25, 0.3) is 0 Å². The largest absolute Gasteiger partial charge is 0.351 e. The number of carbonyl (C=O) groups excluding carboxylic acids is 1. The van der Waals surface area contributed by atoms with Crippen LogP contribution < -0.4 is 15.8 Å². The summed E-state index contributed by atoms with van der Waals surface area (Å²) in [7, 11) is -3.59. The van der Waals surface area contributed by atoms with Crippen molar-refractivity contribution in [3.63, 3.8) is 0 Å². The number of carbonyl (C=O) groups is 1. The first-order valence-corrected chi connectivity index (χ1v) is 8.22. The van der Waals surface area contributed by atoms with Crippen LogP contribution in [-0.2, 0) is 15.8 Å². The van der Waals surface area contributed by atoms with Crippen molar-refractivity contribution in [3.8, 4) is 0 Å². The summed E-state index contributed by atoms with van der Waals surface area (Å²) in [5, 5.41) is 10.9. The summed E-state index contributed by atoms with van der Waals surface area (Å²) in [6, 6.07) is 6.45. The van der Waals surface area contributed by atoms with Gasteiger partial charge in [-0.1, -0.05) is 19.1 Å². The molecule has 0 aromatic heterocycles. The van der Waals surface area contributed by atoms with E-state index in [-0.39, 0.29) is 24.1 Å². The highest BCUT2D eigenvalue weighted by molar-refractivity contribution is 7.88. The molecule has 6 nitrogen and oxygen atoms in total. The normalized spacial score (nSPS) is 10.8. The molecule has 1 rings (SSSR count). The van der Waals surface area contributed by atoms with E-state index >= 15 is 0 Å². The van der Waals surface area contributed by atoms with Gasteiger partial charge in [-0.3, -0.25) is 4.79 Å². The first-order valence-electron chi connectivity index (χ1n) is 6.50. The van der Waals surface area contributed by atoms with Crippen molar-refractivity contribution < 1.29 is 13.2 Å². The topological polar surface area (TPSA) is 101 Å². The van der Waals surface area contributed by atoms with Gasteiger partial charge in [0.15, 0.2) is 0 Å². The lowest BCUT2D eigenvalue weighted by Gasteiger charge is -2.07. The fourth-order valence-corrected chi connectivity index (χ4v) is 2.35. The lowest BCUT2D eigenvalue weighted by molar-refractivity contribution is 0.0954. The molecule has 21 heavy (non-hydrogen) atoms. The minimum absolute atomic E-state index is 0. The third-order valence-electron chi connectivity index (χ3n) is 2.57. The zero-order valence-corrected chi connectivity index (χ0v) is 13.6. The van der Waals surface area contributed by atoms with E-state index in [9.17, 15) is 13.2 Å². The number of nitrogens with one attached hydrogen (secondary N) is 2. The third kappa shape index (κ3) is 8.67. The molecule has 0 saturated carbocycles. The van der Waals surface area contributed by atoms with Gasteiger partial charge in [-0.25, -0.2) is 13.6 Å². The van der Waals surface area contributed by atoms with E-state index in [2.05, 4.69) is 17.6 Å². The van der Waals surface area contributed by atoms with Gasteiger partial charge in [0, 0.05) is 18.7 Å². The van der Waals surface area contributed by atoms with Crippen LogP contribution >= 0.6 is 12.4 Å². The Labute approximate surface area is 132 Å². The van der Waals surface area contributed by atoms with Gasteiger partial charge >= 0.3 is 0 Å². The lowest BCUT2D eigenvalue weighted by Crippen LogP contribution is -2.32. The molecule has 0 unspecified atom stereocenters. The maximum atomic E-state index is 11.9. The second-order valence-electron chi connectivity index (χ2n) is 4.51. The lowest BCUT2D eigenvalue weighted by atomic mass is 10.1. The molecule has 0 heterocycles. The quantitative estimate of drug-likeness (QED) is 0.606. The Kier molecular flexibility index (Phi) is 9.19. The Morgan fingerprint density at radius 3 is 2.57 bits per heavy atom. The van der Waals surface area contributed by atoms with E-state index in [0.717, 1.165) is 13.0 Å². The highest BCUT2D eigenvalue weighted by Crippen LogP contribution is 2.07. The van der Waals surface area contributed by atoms with E-state index in [0.29, 0.717) is 24.2 Å². The minimum atomic E-state index is -3.59. The monoisotopic (exact) mass is 335 g/mol. The molecule has 0 bridgehead atoms. The van der Waals surface area contributed by atoms with Gasteiger partial charge in [-0.05, 0) is 30.7 Å². The van der Waals surface area contributed by atoms with Crippen LogP contribution in [0.1, 0.15) is 29.3 Å². The molecule has 4 N–H and O–H groups in total. The van der Waals surface area contributed by atoms with Crippen molar-refractivity contribution in [2.45, 2.75) is 19.1 Å². The van der Waals surface area contributed by atoms with E-state index in [4.69, 9.17) is 5.14 Å². The Morgan fingerprint density at radius 1 is 1.24 bits per heavy atom. The van der Waals surface area contributed by atoms with Gasteiger partial charge in [0.25, 0.3) is 5.91 Å². The summed E-state index contributed by atoms with van der Waals surface area (Å²) in [6.45, 7) is 4.22. The molecule has 1 amide bonds. The number of rotatable bonds is 8. The van der Waals surface area contributed by atoms with Crippen LogP contribution in [-0.4, -0.2) is 34.0 Å². The van der Waals surface area contributed by atoms with Crippen LogP contribution in [0, 0.1) is 0 Å². The van der Waals surface area contributed by atoms with Crippen LogP contribution in [0.4, 0.5) is 0 Å². The molecule has 1 aromatic rings. The molecule has 1 aromatic carbocycles. The van der Waals surface area contributed by atoms with Crippen molar-refractivity contribution in [1.29, 1.82) is 0 Å². The van der Waals surface area contributed by atoms with Gasteiger partial charge in [0.2, 0.25) is 10.0 Å². The van der Waals surface area contributed by atoms with Crippen molar-refractivity contribution in [3.05, 3.63) is 35.4 Å². The molecule has 0 fully saturated rings. The molecule has 0 aliphatic carbocycles. The second-order valence-corrected chi connectivity index (χ2v) is 6.13. The van der Waals surface area contributed by atoms with Gasteiger partial charge in [-0.15, -0.1) is 12.4 Å². The third-order valence-corrected chi connectivity index (χ3v) is 3.31. The van der Waals surface area contributed by atoms with E-state index < -0.39 is 10.0 Å². The average molecular weight is 336 g/mol. The average Bonchev–Trinajstić information content (AvgIpc) is 2.36.